The molecule has 0 aliphatic carbocycles. The number of hydrogen-bond donors (Lipinski definition) is 1. The van der Waals surface area contributed by atoms with Crippen LogP contribution in [-0.4, -0.2) is 25.0 Å². The molecule has 4 rings (SSSR count). The van der Waals surface area contributed by atoms with Gasteiger partial charge in [-0.1, -0.05) is 54.1 Å². The molecule has 32 heavy (non-hydrogen) atoms. The molecule has 0 amide bonds. The van der Waals surface area contributed by atoms with Crippen molar-refractivity contribution in [2.75, 3.05) is 14.2 Å². The highest BCUT2D eigenvalue weighted by Gasteiger charge is 2.19. The first-order valence-electron chi connectivity index (χ1n) is 10.2. The molecular weight excluding hydrogens is 402 g/mol. The van der Waals surface area contributed by atoms with Crippen LogP contribution in [0.4, 0.5) is 0 Å². The second-order valence-electron chi connectivity index (χ2n) is 7.43. The monoisotopic (exact) mass is 425 g/mol. The normalized spacial score (nSPS) is 11.1. The standard InChI is InChI=1S/C27H23NO4/c1-17-9-12-21-20(15-17)25(19-7-5-4-6-8-19)26(27(30)28-21)22(29)13-10-18-11-14-23(31-2)24(16-18)32-3/h4-16H,1-3H3,(H,28,30)/b13-10-. The SMILES string of the molecule is COc1ccc(/C=C\C(=O)c2c(-c3ccccc3)c3cc(C)ccc3[nH]c2=O)cc1OC. The second kappa shape index (κ2) is 8.94. The van der Waals surface area contributed by atoms with Gasteiger partial charge in [-0.05, 0) is 48.4 Å². The number of aryl methyl sites for hydroxylation is 1. The van der Waals surface area contributed by atoms with E-state index in [4.69, 9.17) is 9.47 Å². The molecule has 5 heteroatoms. The molecule has 5 nitrogen and oxygen atoms in total. The van der Waals surface area contributed by atoms with Gasteiger partial charge in [-0.2, -0.15) is 0 Å². The van der Waals surface area contributed by atoms with Gasteiger partial charge in [0.2, 0.25) is 0 Å². The van der Waals surface area contributed by atoms with Crippen LogP contribution in [0.15, 0.2) is 77.6 Å². The first-order valence-corrected chi connectivity index (χ1v) is 10.2. The third-order valence-corrected chi connectivity index (χ3v) is 5.31. The topological polar surface area (TPSA) is 68.4 Å². The third-order valence-electron chi connectivity index (χ3n) is 5.31. The minimum absolute atomic E-state index is 0.117. The number of ether oxygens (including phenoxy) is 2. The van der Waals surface area contributed by atoms with Gasteiger partial charge in [0.15, 0.2) is 17.3 Å². The van der Waals surface area contributed by atoms with Gasteiger partial charge in [0.25, 0.3) is 5.56 Å². The van der Waals surface area contributed by atoms with Crippen LogP contribution < -0.4 is 15.0 Å². The number of carbonyl (C=O) groups excluding carboxylic acids is 1. The Bertz CT molecular complexity index is 1380. The fourth-order valence-corrected chi connectivity index (χ4v) is 3.76. The lowest BCUT2D eigenvalue weighted by Crippen LogP contribution is -2.18. The number of aromatic nitrogens is 1. The lowest BCUT2D eigenvalue weighted by atomic mass is 9.93. The summed E-state index contributed by atoms with van der Waals surface area (Å²) in [6.45, 7) is 1.98. The van der Waals surface area contributed by atoms with Crippen molar-refractivity contribution in [3.8, 4) is 22.6 Å². The summed E-state index contributed by atoms with van der Waals surface area (Å²) in [6, 6.07) is 20.7. The van der Waals surface area contributed by atoms with Gasteiger partial charge in [0.05, 0.1) is 19.8 Å². The number of pyridine rings is 1. The number of hydrogen-bond acceptors (Lipinski definition) is 4. The van der Waals surface area contributed by atoms with E-state index in [1.165, 1.54) is 6.08 Å². The molecule has 1 aromatic heterocycles. The molecule has 4 aromatic rings. The molecule has 0 aliphatic rings. The predicted octanol–water partition coefficient (Wildman–Crippen LogP) is 5.42. The van der Waals surface area contributed by atoms with Gasteiger partial charge >= 0.3 is 0 Å². The average Bonchev–Trinajstić information content (AvgIpc) is 2.82. The number of allylic oxidation sites excluding steroid dienone is 1. The van der Waals surface area contributed by atoms with E-state index in [0.717, 1.165) is 22.1 Å². The van der Waals surface area contributed by atoms with Crippen molar-refractivity contribution < 1.29 is 14.3 Å². The van der Waals surface area contributed by atoms with Gasteiger partial charge in [-0.3, -0.25) is 9.59 Å². The van der Waals surface area contributed by atoms with Crippen LogP contribution in [-0.2, 0) is 0 Å². The number of fused-ring (bicyclic) bond motifs is 1. The van der Waals surface area contributed by atoms with Gasteiger partial charge in [0, 0.05) is 16.5 Å². The van der Waals surface area contributed by atoms with Gasteiger partial charge < -0.3 is 14.5 Å². The van der Waals surface area contributed by atoms with Gasteiger partial charge in [-0.25, -0.2) is 0 Å². The Morgan fingerprint density at radius 1 is 0.906 bits per heavy atom. The second-order valence-corrected chi connectivity index (χ2v) is 7.43. The van der Waals surface area contributed by atoms with Crippen LogP contribution in [0.5, 0.6) is 11.5 Å². The number of benzene rings is 3. The van der Waals surface area contributed by atoms with Gasteiger partial charge in [-0.15, -0.1) is 0 Å². The first kappa shape index (κ1) is 21.1. The number of aromatic amines is 1. The molecule has 0 fully saturated rings. The quantitative estimate of drug-likeness (QED) is 0.331. The number of ketones is 1. The number of methoxy groups -OCH3 is 2. The lowest BCUT2D eigenvalue weighted by Gasteiger charge is -2.12. The van der Waals surface area contributed by atoms with Crippen molar-refractivity contribution in [2.45, 2.75) is 6.92 Å². The van der Waals surface area contributed by atoms with Crippen molar-refractivity contribution >= 4 is 22.8 Å². The number of H-pyrrole nitrogens is 1. The fraction of sp³-hybridized carbons (Fsp3) is 0.111. The van der Waals surface area contributed by atoms with E-state index in [9.17, 15) is 9.59 Å². The summed E-state index contributed by atoms with van der Waals surface area (Å²) in [6.07, 6.45) is 3.08. The minimum atomic E-state index is -0.415. The van der Waals surface area contributed by atoms with Crippen molar-refractivity contribution in [3.05, 3.63) is 99.9 Å². The molecule has 0 saturated heterocycles. The van der Waals surface area contributed by atoms with Crippen LogP contribution in [0.3, 0.4) is 0 Å². The Morgan fingerprint density at radius 3 is 2.38 bits per heavy atom. The smallest absolute Gasteiger partial charge is 0.260 e. The Morgan fingerprint density at radius 2 is 1.66 bits per heavy atom. The minimum Gasteiger partial charge on any atom is -0.493 e. The summed E-state index contributed by atoms with van der Waals surface area (Å²) >= 11 is 0. The number of nitrogens with one attached hydrogen (secondary N) is 1. The fourth-order valence-electron chi connectivity index (χ4n) is 3.76. The maximum absolute atomic E-state index is 13.3. The van der Waals surface area contributed by atoms with E-state index >= 15 is 0 Å². The molecule has 0 unspecified atom stereocenters. The molecular formula is C27H23NO4. The zero-order valence-corrected chi connectivity index (χ0v) is 18.1. The largest absolute Gasteiger partial charge is 0.493 e. The van der Waals surface area contributed by atoms with E-state index in [1.54, 1.807) is 32.4 Å². The molecule has 0 atom stereocenters. The Labute approximate surface area is 185 Å². The van der Waals surface area contributed by atoms with E-state index in [1.807, 2.05) is 61.5 Å². The Hall–Kier alpha value is -4.12. The third kappa shape index (κ3) is 4.05. The van der Waals surface area contributed by atoms with Crippen molar-refractivity contribution in [2.24, 2.45) is 0 Å². The number of rotatable bonds is 6. The van der Waals surface area contributed by atoms with E-state index in [0.29, 0.717) is 22.6 Å². The molecule has 0 aliphatic heterocycles. The molecule has 1 N–H and O–H groups in total. The Kier molecular flexibility index (Phi) is 5.90. The van der Waals surface area contributed by atoms with Crippen LogP contribution in [0, 0.1) is 6.92 Å². The van der Waals surface area contributed by atoms with E-state index in [-0.39, 0.29) is 11.3 Å². The van der Waals surface area contributed by atoms with E-state index < -0.39 is 5.56 Å². The summed E-state index contributed by atoms with van der Waals surface area (Å²) in [7, 11) is 3.12. The van der Waals surface area contributed by atoms with Gasteiger partial charge in [0.1, 0.15) is 0 Å². The zero-order valence-electron chi connectivity index (χ0n) is 18.1. The first-order chi connectivity index (χ1) is 15.5. The molecule has 0 saturated carbocycles. The van der Waals surface area contributed by atoms with Crippen LogP contribution in [0.25, 0.3) is 28.1 Å². The van der Waals surface area contributed by atoms with Crippen LogP contribution in [0.1, 0.15) is 21.5 Å². The maximum Gasteiger partial charge on any atom is 0.260 e. The highest BCUT2D eigenvalue weighted by Crippen LogP contribution is 2.31. The molecule has 3 aromatic carbocycles. The molecule has 0 spiro atoms. The van der Waals surface area contributed by atoms with Crippen LogP contribution >= 0.6 is 0 Å². The van der Waals surface area contributed by atoms with Crippen LogP contribution in [0.2, 0.25) is 0 Å². The molecule has 0 bridgehead atoms. The summed E-state index contributed by atoms with van der Waals surface area (Å²) in [5.41, 5.74) is 3.64. The summed E-state index contributed by atoms with van der Waals surface area (Å²) < 4.78 is 10.6. The highest BCUT2D eigenvalue weighted by atomic mass is 16.5. The van der Waals surface area contributed by atoms with Crippen molar-refractivity contribution in [3.63, 3.8) is 0 Å². The summed E-state index contributed by atoms with van der Waals surface area (Å²) in [5, 5.41) is 0.832. The summed E-state index contributed by atoms with van der Waals surface area (Å²) in [4.78, 5) is 29.1. The molecule has 1 heterocycles. The van der Waals surface area contributed by atoms with Crippen molar-refractivity contribution in [1.82, 2.24) is 4.98 Å². The highest BCUT2D eigenvalue weighted by molar-refractivity contribution is 6.15. The number of carbonyl (C=O) groups is 1. The zero-order chi connectivity index (χ0) is 22.7. The Balaban J connectivity index is 1.85. The van der Waals surface area contributed by atoms with Crippen molar-refractivity contribution in [1.29, 1.82) is 0 Å². The molecule has 0 radical (unpaired) electrons. The average molecular weight is 425 g/mol. The van der Waals surface area contributed by atoms with E-state index in [2.05, 4.69) is 4.98 Å². The lowest BCUT2D eigenvalue weighted by molar-refractivity contribution is 0.104. The summed E-state index contributed by atoms with van der Waals surface area (Å²) in [5.74, 6) is 0.790. The predicted molar refractivity (Wildman–Crippen MR) is 128 cm³/mol. The maximum atomic E-state index is 13.3. The molecule has 160 valence electrons.